The van der Waals surface area contributed by atoms with Crippen molar-refractivity contribution in [3.63, 3.8) is 0 Å². The van der Waals surface area contributed by atoms with Crippen molar-refractivity contribution in [1.29, 1.82) is 0 Å². The molecule has 8 heteroatoms. The molecular formula is C14H21ClN2O4S. The third-order valence-corrected chi connectivity index (χ3v) is 4.79. The van der Waals surface area contributed by atoms with Crippen molar-refractivity contribution in [2.24, 2.45) is 0 Å². The van der Waals surface area contributed by atoms with Crippen molar-refractivity contribution in [1.82, 2.24) is 4.72 Å². The second kappa shape index (κ2) is 8.36. The van der Waals surface area contributed by atoms with Crippen LogP contribution in [-0.4, -0.2) is 33.7 Å². The summed E-state index contributed by atoms with van der Waals surface area (Å²) in [4.78, 5) is 11.9. The van der Waals surface area contributed by atoms with E-state index >= 15 is 0 Å². The van der Waals surface area contributed by atoms with Crippen LogP contribution >= 0.6 is 11.6 Å². The number of nitrogens with one attached hydrogen (secondary N) is 2. The molecule has 0 saturated heterocycles. The average Bonchev–Trinajstić information content (AvgIpc) is 2.47. The van der Waals surface area contributed by atoms with Crippen LogP contribution in [0.3, 0.4) is 0 Å². The molecule has 22 heavy (non-hydrogen) atoms. The van der Waals surface area contributed by atoms with E-state index in [1.54, 1.807) is 19.1 Å². The zero-order chi connectivity index (χ0) is 16.8. The molecule has 0 aliphatic rings. The summed E-state index contributed by atoms with van der Waals surface area (Å²) in [6, 6.07) is 3.27. The molecule has 0 aliphatic carbocycles. The van der Waals surface area contributed by atoms with Crippen LogP contribution in [0.15, 0.2) is 12.1 Å². The lowest BCUT2D eigenvalue weighted by Crippen LogP contribution is -2.34. The first-order chi connectivity index (χ1) is 10.3. The fourth-order valence-electron chi connectivity index (χ4n) is 1.71. The normalized spacial score (nSPS) is 11.3. The van der Waals surface area contributed by atoms with Crippen molar-refractivity contribution in [2.45, 2.75) is 26.7 Å². The van der Waals surface area contributed by atoms with Crippen molar-refractivity contribution in [2.75, 3.05) is 24.7 Å². The number of carbonyl (C=O) groups excluding carboxylic acids is 1. The third kappa shape index (κ3) is 5.82. The number of aryl methyl sites for hydroxylation is 1. The molecule has 0 fully saturated rings. The third-order valence-electron chi connectivity index (χ3n) is 2.97. The second-order valence-electron chi connectivity index (χ2n) is 4.84. The first-order valence-electron chi connectivity index (χ1n) is 6.90. The highest BCUT2D eigenvalue weighted by atomic mass is 35.5. The van der Waals surface area contributed by atoms with Gasteiger partial charge in [-0.05, 0) is 25.0 Å². The summed E-state index contributed by atoms with van der Waals surface area (Å²) in [6.45, 7) is 3.37. The van der Waals surface area contributed by atoms with Gasteiger partial charge in [-0.15, -0.1) is 0 Å². The van der Waals surface area contributed by atoms with Gasteiger partial charge in [0.2, 0.25) is 15.9 Å². The summed E-state index contributed by atoms with van der Waals surface area (Å²) >= 11 is 5.99. The fraction of sp³-hybridized carbons (Fsp3) is 0.500. The number of hydrogen-bond acceptors (Lipinski definition) is 4. The minimum absolute atomic E-state index is 0.0140. The van der Waals surface area contributed by atoms with Gasteiger partial charge < -0.3 is 10.1 Å². The van der Waals surface area contributed by atoms with Gasteiger partial charge >= 0.3 is 0 Å². The van der Waals surface area contributed by atoms with Crippen molar-refractivity contribution in [3.8, 4) is 5.75 Å². The van der Waals surface area contributed by atoms with Gasteiger partial charge in [0.15, 0.2) is 0 Å². The lowest BCUT2D eigenvalue weighted by atomic mass is 10.2. The maximum absolute atomic E-state index is 11.9. The SMILES string of the molecule is CCCCS(=O)(=O)NCC(=O)Nc1cc(C)c(Cl)cc1OC. The Hall–Kier alpha value is -1.31. The Kier molecular flexibility index (Phi) is 7.12. The molecule has 2 N–H and O–H groups in total. The van der Waals surface area contributed by atoms with Gasteiger partial charge in [-0.3, -0.25) is 4.79 Å². The lowest BCUT2D eigenvalue weighted by molar-refractivity contribution is -0.115. The number of anilines is 1. The number of hydrogen-bond donors (Lipinski definition) is 2. The van der Waals surface area contributed by atoms with Crippen LogP contribution in [0.4, 0.5) is 5.69 Å². The molecule has 1 aromatic carbocycles. The zero-order valence-electron chi connectivity index (χ0n) is 12.9. The van der Waals surface area contributed by atoms with Crippen LogP contribution in [0.1, 0.15) is 25.3 Å². The predicted octanol–water partition coefficient (Wildman–Crippen LogP) is 2.32. The van der Waals surface area contributed by atoms with Crippen molar-refractivity contribution >= 4 is 33.2 Å². The predicted molar refractivity (Wildman–Crippen MR) is 88.1 cm³/mol. The Morgan fingerprint density at radius 2 is 2.05 bits per heavy atom. The summed E-state index contributed by atoms with van der Waals surface area (Å²) in [7, 11) is -1.96. The Balaban J connectivity index is 2.68. The molecule has 0 saturated carbocycles. The average molecular weight is 349 g/mol. The molecule has 0 aliphatic heterocycles. The Labute approximate surface area is 136 Å². The number of carbonyl (C=O) groups is 1. The summed E-state index contributed by atoms with van der Waals surface area (Å²) < 4.78 is 30.7. The minimum Gasteiger partial charge on any atom is -0.495 e. The van der Waals surface area contributed by atoms with E-state index in [0.29, 0.717) is 22.9 Å². The molecule has 124 valence electrons. The molecule has 0 aromatic heterocycles. The topological polar surface area (TPSA) is 84.5 Å². The lowest BCUT2D eigenvalue weighted by Gasteiger charge is -2.12. The molecule has 0 radical (unpaired) electrons. The number of ether oxygens (including phenoxy) is 1. The molecule has 0 atom stereocenters. The van der Waals surface area contributed by atoms with Gasteiger partial charge in [0, 0.05) is 11.1 Å². The molecule has 0 bridgehead atoms. The van der Waals surface area contributed by atoms with E-state index in [0.717, 1.165) is 12.0 Å². The zero-order valence-corrected chi connectivity index (χ0v) is 14.5. The van der Waals surface area contributed by atoms with Gasteiger partial charge in [-0.1, -0.05) is 24.9 Å². The van der Waals surface area contributed by atoms with Gasteiger partial charge in [0.05, 0.1) is 25.1 Å². The summed E-state index contributed by atoms with van der Waals surface area (Å²) in [5, 5.41) is 3.13. The monoisotopic (exact) mass is 348 g/mol. The van der Waals surface area contributed by atoms with Crippen molar-refractivity contribution < 1.29 is 17.9 Å². The Morgan fingerprint density at radius 3 is 2.64 bits per heavy atom. The first kappa shape index (κ1) is 18.7. The van der Waals surface area contributed by atoms with Crippen LogP contribution < -0.4 is 14.8 Å². The molecule has 1 amide bonds. The Bertz CT molecular complexity index is 632. The highest BCUT2D eigenvalue weighted by Crippen LogP contribution is 2.30. The number of unbranched alkanes of at least 4 members (excludes halogenated alkanes) is 1. The molecule has 0 heterocycles. The smallest absolute Gasteiger partial charge is 0.239 e. The van der Waals surface area contributed by atoms with E-state index in [-0.39, 0.29) is 12.3 Å². The van der Waals surface area contributed by atoms with Crippen LogP contribution in [0.2, 0.25) is 5.02 Å². The Morgan fingerprint density at radius 1 is 1.36 bits per heavy atom. The maximum Gasteiger partial charge on any atom is 0.239 e. The summed E-state index contributed by atoms with van der Waals surface area (Å²) in [5.41, 5.74) is 1.23. The number of halogens is 1. The van der Waals surface area contributed by atoms with E-state index < -0.39 is 15.9 Å². The maximum atomic E-state index is 11.9. The number of benzene rings is 1. The van der Waals surface area contributed by atoms with Gasteiger partial charge in [-0.2, -0.15) is 0 Å². The van der Waals surface area contributed by atoms with E-state index in [9.17, 15) is 13.2 Å². The number of amides is 1. The number of sulfonamides is 1. The van der Waals surface area contributed by atoms with Crippen LogP contribution in [0.25, 0.3) is 0 Å². The van der Waals surface area contributed by atoms with E-state index in [4.69, 9.17) is 16.3 Å². The fourth-order valence-corrected chi connectivity index (χ4v) is 3.02. The van der Waals surface area contributed by atoms with E-state index in [1.807, 2.05) is 6.92 Å². The van der Waals surface area contributed by atoms with Gasteiger partial charge in [-0.25, -0.2) is 13.1 Å². The highest BCUT2D eigenvalue weighted by Gasteiger charge is 2.14. The molecule has 1 aromatic rings. The number of rotatable bonds is 8. The second-order valence-corrected chi connectivity index (χ2v) is 7.18. The molecule has 1 rings (SSSR count). The van der Waals surface area contributed by atoms with E-state index in [2.05, 4.69) is 10.0 Å². The molecule has 0 spiro atoms. The summed E-state index contributed by atoms with van der Waals surface area (Å²) in [6.07, 6.45) is 1.33. The van der Waals surface area contributed by atoms with Crippen LogP contribution in [0.5, 0.6) is 5.75 Å². The largest absolute Gasteiger partial charge is 0.495 e. The van der Waals surface area contributed by atoms with E-state index in [1.165, 1.54) is 7.11 Å². The summed E-state index contributed by atoms with van der Waals surface area (Å²) in [5.74, 6) is -0.0435. The molecule has 6 nitrogen and oxygen atoms in total. The van der Waals surface area contributed by atoms with Crippen LogP contribution in [0, 0.1) is 6.92 Å². The first-order valence-corrected chi connectivity index (χ1v) is 8.93. The molecular weight excluding hydrogens is 328 g/mol. The van der Waals surface area contributed by atoms with Crippen molar-refractivity contribution in [3.05, 3.63) is 22.7 Å². The quantitative estimate of drug-likeness (QED) is 0.755. The highest BCUT2D eigenvalue weighted by molar-refractivity contribution is 7.89. The number of methoxy groups -OCH3 is 1. The molecule has 0 unspecified atom stereocenters. The standard InChI is InChI=1S/C14H21ClN2O4S/c1-4-5-6-22(19,20)16-9-14(18)17-12-7-10(2)11(15)8-13(12)21-3/h7-8,16H,4-6,9H2,1-3H3,(H,17,18). The minimum atomic E-state index is -3.42. The van der Waals surface area contributed by atoms with Gasteiger partial charge in [0.1, 0.15) is 5.75 Å². The van der Waals surface area contributed by atoms with Crippen LogP contribution in [-0.2, 0) is 14.8 Å². The van der Waals surface area contributed by atoms with Gasteiger partial charge in [0.25, 0.3) is 0 Å².